The van der Waals surface area contributed by atoms with Crippen molar-refractivity contribution in [3.63, 3.8) is 0 Å². The second kappa shape index (κ2) is 3.73. The molecule has 0 saturated carbocycles. The molecule has 5 N–H and O–H groups in total. The fourth-order valence-electron chi connectivity index (χ4n) is 0.922. The highest BCUT2D eigenvalue weighted by Crippen LogP contribution is 2.14. The molecule has 6 heteroatoms. The molecule has 0 atom stereocenters. The maximum atomic E-state index is 13.0. The lowest BCUT2D eigenvalue weighted by Gasteiger charge is -2.04. The summed E-state index contributed by atoms with van der Waals surface area (Å²) in [6.45, 7) is 0. The van der Waals surface area contributed by atoms with E-state index in [4.69, 9.17) is 16.2 Å². The minimum absolute atomic E-state index is 0.236. The Kier molecular flexibility index (Phi) is 2.66. The molecule has 0 saturated heterocycles. The van der Waals surface area contributed by atoms with E-state index >= 15 is 0 Å². The van der Waals surface area contributed by atoms with Crippen molar-refractivity contribution in [2.45, 2.75) is 0 Å². The molecular weight excluding hydrogens is 189 g/mol. The number of carbonyl (C=O) groups is 1. The van der Waals surface area contributed by atoms with Gasteiger partial charge in [0.25, 0.3) is 0 Å². The Morgan fingerprint density at radius 2 is 2.21 bits per heavy atom. The van der Waals surface area contributed by atoms with Gasteiger partial charge in [0.2, 0.25) is 0 Å². The predicted molar refractivity (Wildman–Crippen MR) is 48.9 cm³/mol. The molecule has 0 aliphatic carbocycles. The third-order valence-corrected chi connectivity index (χ3v) is 1.48. The Morgan fingerprint density at radius 3 is 2.64 bits per heavy atom. The second-order valence-corrected chi connectivity index (χ2v) is 2.54. The maximum absolute atomic E-state index is 13.0. The van der Waals surface area contributed by atoms with Crippen molar-refractivity contribution in [2.24, 2.45) is 5.73 Å². The van der Waals surface area contributed by atoms with Gasteiger partial charge in [-0.15, -0.1) is 0 Å². The number of hydrogen-bond acceptors (Lipinski definition) is 2. The number of guanidine groups is 1. The van der Waals surface area contributed by atoms with Crippen LogP contribution in [-0.2, 0) is 0 Å². The molecular formula is C8H8FN3O2. The highest BCUT2D eigenvalue weighted by atomic mass is 19.1. The van der Waals surface area contributed by atoms with Crippen LogP contribution in [0.1, 0.15) is 10.4 Å². The van der Waals surface area contributed by atoms with E-state index in [9.17, 15) is 9.18 Å². The number of nitrogens with one attached hydrogen (secondary N) is 2. The Hall–Kier alpha value is -2.11. The zero-order chi connectivity index (χ0) is 10.7. The van der Waals surface area contributed by atoms with Crippen molar-refractivity contribution >= 4 is 17.6 Å². The number of aromatic carboxylic acids is 1. The van der Waals surface area contributed by atoms with E-state index in [0.717, 1.165) is 12.1 Å². The second-order valence-electron chi connectivity index (χ2n) is 2.54. The Balaban J connectivity index is 3.00. The van der Waals surface area contributed by atoms with Crippen LogP contribution in [0.25, 0.3) is 0 Å². The standard InChI is InChI=1S/C8H8FN3O2/c9-6-3-4(12-8(10)11)1-2-5(6)7(13)14/h1-3H,(H,13,14)(H4,10,11,12). The van der Waals surface area contributed by atoms with Crippen molar-refractivity contribution in [1.82, 2.24) is 0 Å². The Morgan fingerprint density at radius 1 is 1.57 bits per heavy atom. The van der Waals surface area contributed by atoms with Gasteiger partial charge in [-0.3, -0.25) is 5.41 Å². The lowest BCUT2D eigenvalue weighted by Crippen LogP contribution is -2.20. The summed E-state index contributed by atoms with van der Waals surface area (Å²) in [4.78, 5) is 10.4. The molecule has 0 bridgehead atoms. The molecule has 1 rings (SSSR count). The molecule has 1 aromatic carbocycles. The third kappa shape index (κ3) is 2.19. The molecule has 5 nitrogen and oxygen atoms in total. The van der Waals surface area contributed by atoms with Gasteiger partial charge in [-0.2, -0.15) is 0 Å². The molecule has 0 aliphatic heterocycles. The van der Waals surface area contributed by atoms with Gasteiger partial charge < -0.3 is 16.2 Å². The lowest BCUT2D eigenvalue weighted by molar-refractivity contribution is 0.0692. The van der Waals surface area contributed by atoms with Crippen LogP contribution in [0.3, 0.4) is 0 Å². The van der Waals surface area contributed by atoms with E-state index in [1.165, 1.54) is 6.07 Å². The van der Waals surface area contributed by atoms with Crippen LogP contribution in [0, 0.1) is 11.2 Å². The summed E-state index contributed by atoms with van der Waals surface area (Å²) < 4.78 is 13.0. The van der Waals surface area contributed by atoms with Crippen molar-refractivity contribution in [1.29, 1.82) is 5.41 Å². The smallest absolute Gasteiger partial charge is 0.338 e. The lowest BCUT2D eigenvalue weighted by atomic mass is 10.2. The summed E-state index contributed by atoms with van der Waals surface area (Å²) >= 11 is 0. The minimum Gasteiger partial charge on any atom is -0.478 e. The number of carboxylic acids is 1. The van der Waals surface area contributed by atoms with Crippen LogP contribution in [-0.4, -0.2) is 17.0 Å². The minimum atomic E-state index is -1.34. The number of benzene rings is 1. The SMILES string of the molecule is N=C(N)Nc1ccc(C(=O)O)c(F)c1. The van der Waals surface area contributed by atoms with E-state index in [1.54, 1.807) is 0 Å². The number of rotatable bonds is 2. The fourth-order valence-corrected chi connectivity index (χ4v) is 0.922. The molecule has 0 aromatic heterocycles. The van der Waals surface area contributed by atoms with E-state index in [1.807, 2.05) is 0 Å². The molecule has 14 heavy (non-hydrogen) atoms. The van der Waals surface area contributed by atoms with E-state index < -0.39 is 17.3 Å². The number of carboxylic acid groups (broad SMARTS) is 1. The summed E-state index contributed by atoms with van der Waals surface area (Å²) in [7, 11) is 0. The molecule has 0 unspecified atom stereocenters. The van der Waals surface area contributed by atoms with Crippen LogP contribution in [0.5, 0.6) is 0 Å². The largest absolute Gasteiger partial charge is 0.478 e. The van der Waals surface area contributed by atoms with Crippen molar-refractivity contribution < 1.29 is 14.3 Å². The van der Waals surface area contributed by atoms with Crippen LogP contribution >= 0.6 is 0 Å². The summed E-state index contributed by atoms with van der Waals surface area (Å²) in [5.41, 5.74) is 4.82. The Bertz CT molecular complexity index is 392. The Labute approximate surface area is 78.9 Å². The van der Waals surface area contributed by atoms with Crippen LogP contribution in [0.15, 0.2) is 18.2 Å². The van der Waals surface area contributed by atoms with Gasteiger partial charge in [-0.1, -0.05) is 0 Å². The first-order chi connectivity index (χ1) is 6.50. The van der Waals surface area contributed by atoms with E-state index in [-0.39, 0.29) is 11.6 Å². The average molecular weight is 197 g/mol. The monoisotopic (exact) mass is 197 g/mol. The molecule has 0 spiro atoms. The van der Waals surface area contributed by atoms with Gasteiger partial charge in [-0.05, 0) is 18.2 Å². The predicted octanol–water partition coefficient (Wildman–Crippen LogP) is 0.829. The fraction of sp³-hybridized carbons (Fsp3) is 0. The summed E-state index contributed by atoms with van der Waals surface area (Å²) in [5.74, 6) is -2.55. The number of halogens is 1. The first kappa shape index (κ1) is 9.97. The summed E-state index contributed by atoms with van der Waals surface area (Å²) in [5, 5.41) is 17.7. The molecule has 1 aromatic rings. The van der Waals surface area contributed by atoms with Gasteiger partial charge >= 0.3 is 5.97 Å². The molecule has 0 radical (unpaired) electrons. The van der Waals surface area contributed by atoms with Crippen LogP contribution < -0.4 is 11.1 Å². The number of nitrogens with two attached hydrogens (primary N) is 1. The number of hydrogen-bond donors (Lipinski definition) is 4. The van der Waals surface area contributed by atoms with Gasteiger partial charge in [0.05, 0.1) is 5.56 Å². The average Bonchev–Trinajstić information content (AvgIpc) is 2.01. The number of anilines is 1. The molecule has 74 valence electrons. The molecule has 0 fully saturated rings. The summed E-state index contributed by atoms with van der Waals surface area (Å²) in [6.07, 6.45) is 0. The van der Waals surface area contributed by atoms with Gasteiger partial charge in [0.15, 0.2) is 5.96 Å². The highest BCUT2D eigenvalue weighted by Gasteiger charge is 2.10. The quantitative estimate of drug-likeness (QED) is 0.416. The normalized spacial score (nSPS) is 9.50. The topological polar surface area (TPSA) is 99.2 Å². The summed E-state index contributed by atoms with van der Waals surface area (Å²) in [6, 6.07) is 3.39. The molecule has 0 aliphatic rings. The zero-order valence-corrected chi connectivity index (χ0v) is 7.04. The van der Waals surface area contributed by atoms with E-state index in [2.05, 4.69) is 5.32 Å². The third-order valence-electron chi connectivity index (χ3n) is 1.48. The van der Waals surface area contributed by atoms with E-state index in [0.29, 0.717) is 0 Å². The maximum Gasteiger partial charge on any atom is 0.338 e. The van der Waals surface area contributed by atoms with Crippen LogP contribution in [0.4, 0.5) is 10.1 Å². The first-order valence-corrected chi connectivity index (χ1v) is 3.64. The zero-order valence-electron chi connectivity index (χ0n) is 7.04. The first-order valence-electron chi connectivity index (χ1n) is 3.64. The van der Waals surface area contributed by atoms with Gasteiger partial charge in [-0.25, -0.2) is 9.18 Å². The van der Waals surface area contributed by atoms with Crippen molar-refractivity contribution in [2.75, 3.05) is 5.32 Å². The van der Waals surface area contributed by atoms with Gasteiger partial charge in [0, 0.05) is 5.69 Å². The molecule has 0 heterocycles. The van der Waals surface area contributed by atoms with Crippen molar-refractivity contribution in [3.05, 3.63) is 29.6 Å². The highest BCUT2D eigenvalue weighted by molar-refractivity contribution is 5.92. The van der Waals surface area contributed by atoms with Crippen molar-refractivity contribution in [3.8, 4) is 0 Å². The van der Waals surface area contributed by atoms with Gasteiger partial charge in [0.1, 0.15) is 5.82 Å². The molecule has 0 amide bonds. The van der Waals surface area contributed by atoms with Crippen LogP contribution in [0.2, 0.25) is 0 Å².